The van der Waals surface area contributed by atoms with Gasteiger partial charge in [-0.3, -0.25) is 4.79 Å². The number of amides is 1. The maximum absolute atomic E-state index is 10.4. The number of hydrogen-bond donors (Lipinski definition) is 2. The lowest BCUT2D eigenvalue weighted by Crippen LogP contribution is -2.22. The molecular formula is C19H20N2O. The van der Waals surface area contributed by atoms with E-state index in [0.717, 1.165) is 5.69 Å². The van der Waals surface area contributed by atoms with Crippen LogP contribution in [0.3, 0.4) is 0 Å². The van der Waals surface area contributed by atoms with Gasteiger partial charge in [0, 0.05) is 23.7 Å². The van der Waals surface area contributed by atoms with E-state index >= 15 is 0 Å². The summed E-state index contributed by atoms with van der Waals surface area (Å²) in [5, 5.41) is 6.50. The Labute approximate surface area is 130 Å². The first kappa shape index (κ1) is 13.5. The van der Waals surface area contributed by atoms with E-state index in [2.05, 4.69) is 47.0 Å². The zero-order valence-corrected chi connectivity index (χ0v) is 12.5. The number of nitrogens with one attached hydrogen (secondary N) is 2. The second kappa shape index (κ2) is 5.58. The minimum absolute atomic E-state index is 0.516. The Bertz CT molecular complexity index is 680. The van der Waals surface area contributed by atoms with E-state index in [1.807, 2.05) is 12.1 Å². The highest BCUT2D eigenvalue weighted by molar-refractivity contribution is 5.71. The van der Waals surface area contributed by atoms with Gasteiger partial charge in [-0.1, -0.05) is 36.4 Å². The van der Waals surface area contributed by atoms with Crippen LogP contribution in [0.15, 0.2) is 48.5 Å². The number of aryl methyl sites for hydroxylation is 1. The van der Waals surface area contributed by atoms with Crippen molar-refractivity contribution >= 4 is 12.1 Å². The zero-order chi connectivity index (χ0) is 14.9. The molecule has 0 aliphatic heterocycles. The molecule has 0 heterocycles. The molecule has 0 spiro atoms. The largest absolute Gasteiger partial charge is 0.329 e. The van der Waals surface area contributed by atoms with Crippen molar-refractivity contribution in [3.63, 3.8) is 0 Å². The predicted octanol–water partition coefficient (Wildman–Crippen LogP) is 3.39. The quantitative estimate of drug-likeness (QED) is 0.829. The highest BCUT2D eigenvalue weighted by Crippen LogP contribution is 2.44. The van der Waals surface area contributed by atoms with Crippen molar-refractivity contribution in [2.75, 3.05) is 5.32 Å². The van der Waals surface area contributed by atoms with E-state index in [0.29, 0.717) is 24.4 Å². The molecule has 0 aromatic heterocycles. The lowest BCUT2D eigenvalue weighted by Gasteiger charge is -2.14. The normalized spacial score (nSPS) is 25.5. The second-order valence-corrected chi connectivity index (χ2v) is 6.29. The highest BCUT2D eigenvalue weighted by Gasteiger charge is 2.40. The molecule has 22 heavy (non-hydrogen) atoms. The third kappa shape index (κ3) is 2.53. The van der Waals surface area contributed by atoms with E-state index in [4.69, 9.17) is 0 Å². The minimum atomic E-state index is 0.516. The van der Waals surface area contributed by atoms with E-state index < -0.39 is 0 Å². The summed E-state index contributed by atoms with van der Waals surface area (Å²) in [4.78, 5) is 10.4. The summed E-state index contributed by atoms with van der Waals surface area (Å²) in [6.07, 6.45) is 4.33. The second-order valence-electron chi connectivity index (χ2n) is 6.29. The molecule has 2 aromatic rings. The van der Waals surface area contributed by atoms with Crippen LogP contribution in [0, 0.1) is 0 Å². The van der Waals surface area contributed by atoms with Crippen molar-refractivity contribution in [2.45, 2.75) is 37.3 Å². The molecule has 1 saturated carbocycles. The summed E-state index contributed by atoms with van der Waals surface area (Å²) in [5.41, 5.74) is 5.20. The van der Waals surface area contributed by atoms with Crippen LogP contribution in [0.2, 0.25) is 0 Å². The lowest BCUT2D eigenvalue weighted by atomic mass is 10.1. The predicted molar refractivity (Wildman–Crippen MR) is 87.9 cm³/mol. The first-order valence-electron chi connectivity index (χ1n) is 7.99. The van der Waals surface area contributed by atoms with E-state index in [1.54, 1.807) is 0 Å². The molecule has 3 heteroatoms. The molecule has 3 unspecified atom stereocenters. The van der Waals surface area contributed by atoms with Crippen molar-refractivity contribution in [3.8, 4) is 0 Å². The van der Waals surface area contributed by atoms with Crippen LogP contribution in [0.25, 0.3) is 0 Å². The summed E-state index contributed by atoms with van der Waals surface area (Å²) in [5.74, 6) is 0.609. The van der Waals surface area contributed by atoms with Gasteiger partial charge in [-0.05, 0) is 48.1 Å². The number of carbonyl (C=O) groups is 1. The average molecular weight is 292 g/mol. The van der Waals surface area contributed by atoms with Crippen LogP contribution in [-0.2, 0) is 11.2 Å². The van der Waals surface area contributed by atoms with Crippen molar-refractivity contribution in [2.24, 2.45) is 0 Å². The molecule has 1 fully saturated rings. The van der Waals surface area contributed by atoms with Gasteiger partial charge in [0.25, 0.3) is 0 Å². The van der Waals surface area contributed by atoms with Gasteiger partial charge < -0.3 is 10.6 Å². The van der Waals surface area contributed by atoms with Crippen molar-refractivity contribution in [1.82, 2.24) is 5.32 Å². The highest BCUT2D eigenvalue weighted by atomic mass is 16.1. The SMILES string of the molecule is O=CNc1ccc(C2CC2NC2CCc3ccccc32)cc1. The summed E-state index contributed by atoms with van der Waals surface area (Å²) < 4.78 is 0. The Morgan fingerprint density at radius 3 is 2.68 bits per heavy atom. The number of carbonyl (C=O) groups excluding carboxylic acids is 1. The van der Waals surface area contributed by atoms with Crippen LogP contribution >= 0.6 is 0 Å². The van der Waals surface area contributed by atoms with Crippen LogP contribution in [0.5, 0.6) is 0 Å². The maximum Gasteiger partial charge on any atom is 0.211 e. The molecule has 3 nitrogen and oxygen atoms in total. The first-order valence-corrected chi connectivity index (χ1v) is 7.99. The van der Waals surface area contributed by atoms with Crippen LogP contribution in [0.1, 0.15) is 41.5 Å². The molecular weight excluding hydrogens is 272 g/mol. The Morgan fingerprint density at radius 2 is 1.86 bits per heavy atom. The van der Waals surface area contributed by atoms with Crippen molar-refractivity contribution in [3.05, 3.63) is 65.2 Å². The molecule has 0 saturated heterocycles. The number of rotatable bonds is 5. The summed E-state index contributed by atoms with van der Waals surface area (Å²) >= 11 is 0. The van der Waals surface area contributed by atoms with Gasteiger partial charge in [0.15, 0.2) is 0 Å². The molecule has 1 amide bonds. The van der Waals surface area contributed by atoms with Crippen molar-refractivity contribution in [1.29, 1.82) is 0 Å². The fourth-order valence-corrected chi connectivity index (χ4v) is 3.63. The molecule has 0 radical (unpaired) electrons. The molecule has 2 aliphatic rings. The molecule has 2 aliphatic carbocycles. The molecule has 2 N–H and O–H groups in total. The Hall–Kier alpha value is -2.13. The Balaban J connectivity index is 1.40. The summed E-state index contributed by atoms with van der Waals surface area (Å²) in [7, 11) is 0. The monoisotopic (exact) mass is 292 g/mol. The topological polar surface area (TPSA) is 41.1 Å². The Kier molecular flexibility index (Phi) is 3.43. The molecule has 4 rings (SSSR count). The van der Waals surface area contributed by atoms with E-state index in [1.165, 1.54) is 36.0 Å². The zero-order valence-electron chi connectivity index (χ0n) is 12.5. The summed E-state index contributed by atoms with van der Waals surface area (Å²) in [6.45, 7) is 0. The van der Waals surface area contributed by atoms with Gasteiger partial charge >= 0.3 is 0 Å². The van der Waals surface area contributed by atoms with Gasteiger partial charge in [-0.25, -0.2) is 0 Å². The van der Waals surface area contributed by atoms with Gasteiger partial charge in [0.2, 0.25) is 6.41 Å². The number of anilines is 1. The van der Waals surface area contributed by atoms with Gasteiger partial charge in [0.1, 0.15) is 0 Å². The Morgan fingerprint density at radius 1 is 1.05 bits per heavy atom. The summed E-state index contributed by atoms with van der Waals surface area (Å²) in [6, 6.07) is 18.1. The third-order valence-corrected chi connectivity index (χ3v) is 4.90. The van der Waals surface area contributed by atoms with Crippen LogP contribution < -0.4 is 10.6 Å². The fraction of sp³-hybridized carbons (Fsp3) is 0.316. The molecule has 3 atom stereocenters. The third-order valence-electron chi connectivity index (χ3n) is 4.90. The number of hydrogen-bond acceptors (Lipinski definition) is 2. The van der Waals surface area contributed by atoms with Gasteiger partial charge in [0.05, 0.1) is 0 Å². The van der Waals surface area contributed by atoms with E-state index in [-0.39, 0.29) is 0 Å². The fourth-order valence-electron chi connectivity index (χ4n) is 3.63. The average Bonchev–Trinajstić information content (AvgIpc) is 3.20. The van der Waals surface area contributed by atoms with Crippen LogP contribution in [-0.4, -0.2) is 12.5 Å². The number of fused-ring (bicyclic) bond motifs is 1. The smallest absolute Gasteiger partial charge is 0.211 e. The molecule has 2 aromatic carbocycles. The van der Waals surface area contributed by atoms with Gasteiger partial charge in [-0.15, -0.1) is 0 Å². The number of benzene rings is 2. The molecule has 112 valence electrons. The first-order chi connectivity index (χ1) is 10.8. The van der Waals surface area contributed by atoms with Crippen LogP contribution in [0.4, 0.5) is 5.69 Å². The maximum atomic E-state index is 10.4. The minimum Gasteiger partial charge on any atom is -0.329 e. The molecule has 0 bridgehead atoms. The van der Waals surface area contributed by atoms with Crippen molar-refractivity contribution < 1.29 is 4.79 Å². The van der Waals surface area contributed by atoms with Gasteiger partial charge in [-0.2, -0.15) is 0 Å². The lowest BCUT2D eigenvalue weighted by molar-refractivity contribution is -0.105. The van der Waals surface area contributed by atoms with E-state index in [9.17, 15) is 4.79 Å². The standard InChI is InChI=1S/C19H20N2O/c22-12-20-15-8-5-14(6-9-15)17-11-19(17)21-18-10-7-13-3-1-2-4-16(13)18/h1-6,8-9,12,17-19,21H,7,10-11H2,(H,20,22).